The lowest BCUT2D eigenvalue weighted by Crippen LogP contribution is -2.31. The summed E-state index contributed by atoms with van der Waals surface area (Å²) >= 11 is 1.53. The van der Waals surface area contributed by atoms with Crippen LogP contribution in [0, 0.1) is 0 Å². The van der Waals surface area contributed by atoms with Gasteiger partial charge in [-0.15, -0.1) is 0 Å². The summed E-state index contributed by atoms with van der Waals surface area (Å²) in [5.41, 5.74) is 0. The molecule has 1 aliphatic heterocycles. The van der Waals surface area contributed by atoms with Crippen LogP contribution in [0.15, 0.2) is 0 Å². The Morgan fingerprint density at radius 3 is 2.70 bits per heavy atom. The maximum absolute atomic E-state index is 10.8. The zero-order chi connectivity index (χ0) is 7.56. The van der Waals surface area contributed by atoms with Gasteiger partial charge in [-0.1, -0.05) is 0 Å². The molecule has 0 aromatic carbocycles. The Bertz CT molecular complexity index is 171. The third kappa shape index (κ3) is 1.41. The van der Waals surface area contributed by atoms with Gasteiger partial charge >= 0.3 is 6.03 Å². The van der Waals surface area contributed by atoms with E-state index in [1.165, 1.54) is 11.8 Å². The van der Waals surface area contributed by atoms with E-state index in [2.05, 4.69) is 10.6 Å². The van der Waals surface area contributed by atoms with Gasteiger partial charge in [0.15, 0.2) is 0 Å². The first kappa shape index (κ1) is 7.40. The van der Waals surface area contributed by atoms with E-state index in [9.17, 15) is 9.59 Å². The van der Waals surface area contributed by atoms with E-state index in [1.807, 2.05) is 6.26 Å². The van der Waals surface area contributed by atoms with Gasteiger partial charge in [0.05, 0.1) is 0 Å². The first-order chi connectivity index (χ1) is 4.74. The average molecular weight is 160 g/mol. The Hall–Kier alpha value is -0.710. The molecule has 4 nitrogen and oxygen atoms in total. The Labute approximate surface area is 62.7 Å². The van der Waals surface area contributed by atoms with Crippen LogP contribution in [0.3, 0.4) is 0 Å². The summed E-state index contributed by atoms with van der Waals surface area (Å²) in [6.45, 7) is 0. The molecule has 0 bridgehead atoms. The second-order valence-electron chi connectivity index (χ2n) is 1.97. The molecule has 1 heterocycles. The van der Waals surface area contributed by atoms with Crippen molar-refractivity contribution in [3.05, 3.63) is 0 Å². The molecule has 0 aromatic rings. The zero-order valence-corrected chi connectivity index (χ0v) is 6.33. The number of nitrogens with one attached hydrogen (secondary N) is 2. The van der Waals surface area contributed by atoms with Crippen molar-refractivity contribution in [2.75, 3.05) is 12.0 Å². The molecule has 1 aliphatic rings. The van der Waals surface area contributed by atoms with Crippen molar-refractivity contribution < 1.29 is 9.59 Å². The van der Waals surface area contributed by atoms with Crippen LogP contribution in [0.4, 0.5) is 4.79 Å². The van der Waals surface area contributed by atoms with Crippen molar-refractivity contribution in [3.63, 3.8) is 0 Å². The Kier molecular flexibility index (Phi) is 2.16. The lowest BCUT2D eigenvalue weighted by Gasteiger charge is -2.01. The molecule has 1 unspecified atom stereocenters. The van der Waals surface area contributed by atoms with Gasteiger partial charge < -0.3 is 5.32 Å². The largest absolute Gasteiger partial charge is 0.325 e. The van der Waals surface area contributed by atoms with Gasteiger partial charge in [-0.05, 0) is 6.26 Å². The molecule has 0 radical (unpaired) electrons. The van der Waals surface area contributed by atoms with Gasteiger partial charge in [0.25, 0.3) is 5.91 Å². The molecule has 0 aromatic heterocycles. The van der Waals surface area contributed by atoms with Gasteiger partial charge in [-0.3, -0.25) is 10.1 Å². The van der Waals surface area contributed by atoms with Crippen LogP contribution in [-0.2, 0) is 4.79 Å². The molecule has 2 N–H and O–H groups in total. The molecular weight excluding hydrogens is 152 g/mol. The fourth-order valence-electron chi connectivity index (χ4n) is 0.743. The molecule has 3 amide bonds. The van der Waals surface area contributed by atoms with E-state index in [-0.39, 0.29) is 18.0 Å². The summed E-state index contributed by atoms with van der Waals surface area (Å²) in [7, 11) is 0. The number of carbonyl (C=O) groups is 2. The molecule has 10 heavy (non-hydrogen) atoms. The van der Waals surface area contributed by atoms with Crippen molar-refractivity contribution in [1.82, 2.24) is 10.6 Å². The fourth-order valence-corrected chi connectivity index (χ4v) is 1.31. The minimum absolute atomic E-state index is 0.223. The van der Waals surface area contributed by atoms with Gasteiger partial charge in [-0.2, -0.15) is 11.8 Å². The summed E-state index contributed by atoms with van der Waals surface area (Å²) in [5, 5.41) is 4.63. The number of thioether (sulfide) groups is 1. The summed E-state index contributed by atoms with van der Waals surface area (Å²) in [6.07, 6.45) is 1.89. The van der Waals surface area contributed by atoms with E-state index < -0.39 is 0 Å². The summed E-state index contributed by atoms with van der Waals surface area (Å²) < 4.78 is 0. The number of imide groups is 1. The number of urea groups is 1. The number of hydrogen-bond acceptors (Lipinski definition) is 3. The normalized spacial score (nSPS) is 24.3. The lowest BCUT2D eigenvalue weighted by molar-refractivity contribution is -0.119. The van der Waals surface area contributed by atoms with Gasteiger partial charge in [0, 0.05) is 5.75 Å². The maximum Gasteiger partial charge on any atom is 0.322 e. The predicted molar refractivity (Wildman–Crippen MR) is 38.8 cm³/mol. The van der Waals surface area contributed by atoms with Crippen LogP contribution >= 0.6 is 11.8 Å². The predicted octanol–water partition coefficient (Wildman–Crippen LogP) is -0.443. The summed E-state index contributed by atoms with van der Waals surface area (Å²) in [4.78, 5) is 21.3. The molecule has 5 heteroatoms. The van der Waals surface area contributed by atoms with Crippen molar-refractivity contribution in [3.8, 4) is 0 Å². The van der Waals surface area contributed by atoms with Gasteiger partial charge in [0.1, 0.15) is 6.04 Å². The van der Waals surface area contributed by atoms with E-state index in [0.29, 0.717) is 5.75 Å². The quantitative estimate of drug-likeness (QED) is 0.538. The first-order valence-corrected chi connectivity index (χ1v) is 4.23. The van der Waals surface area contributed by atoms with Crippen molar-refractivity contribution in [2.45, 2.75) is 6.04 Å². The van der Waals surface area contributed by atoms with Crippen LogP contribution in [0.2, 0.25) is 0 Å². The van der Waals surface area contributed by atoms with E-state index >= 15 is 0 Å². The number of carbonyl (C=O) groups excluding carboxylic acids is 2. The molecule has 1 fully saturated rings. The summed E-state index contributed by atoms with van der Waals surface area (Å²) in [5.74, 6) is 0.414. The minimum Gasteiger partial charge on any atom is -0.325 e. The molecule has 1 saturated heterocycles. The highest BCUT2D eigenvalue weighted by atomic mass is 32.2. The van der Waals surface area contributed by atoms with E-state index in [1.54, 1.807) is 0 Å². The average Bonchev–Trinajstić information content (AvgIpc) is 2.13. The molecule has 56 valence electrons. The smallest absolute Gasteiger partial charge is 0.322 e. The van der Waals surface area contributed by atoms with Crippen LogP contribution in [-0.4, -0.2) is 30.0 Å². The van der Waals surface area contributed by atoms with Crippen molar-refractivity contribution >= 4 is 23.7 Å². The third-order valence-corrected chi connectivity index (χ3v) is 1.86. The van der Waals surface area contributed by atoms with Crippen LogP contribution in [0.1, 0.15) is 0 Å². The molecular formula is C5H8N2O2S. The highest BCUT2D eigenvalue weighted by molar-refractivity contribution is 7.98. The van der Waals surface area contributed by atoms with E-state index in [0.717, 1.165) is 0 Å². The first-order valence-electron chi connectivity index (χ1n) is 2.84. The minimum atomic E-state index is -0.385. The Balaban J connectivity index is 2.46. The van der Waals surface area contributed by atoms with Crippen LogP contribution in [0.5, 0.6) is 0 Å². The lowest BCUT2D eigenvalue weighted by atomic mass is 10.3. The highest BCUT2D eigenvalue weighted by Crippen LogP contribution is 2.00. The van der Waals surface area contributed by atoms with Crippen molar-refractivity contribution in [1.29, 1.82) is 0 Å². The van der Waals surface area contributed by atoms with E-state index in [4.69, 9.17) is 0 Å². The molecule has 0 saturated carbocycles. The highest BCUT2D eigenvalue weighted by Gasteiger charge is 2.28. The number of hydrogen-bond donors (Lipinski definition) is 2. The number of amides is 3. The molecule has 0 aliphatic carbocycles. The third-order valence-electron chi connectivity index (χ3n) is 1.19. The topological polar surface area (TPSA) is 58.2 Å². The van der Waals surface area contributed by atoms with Crippen LogP contribution < -0.4 is 10.6 Å². The fraction of sp³-hybridized carbons (Fsp3) is 0.600. The number of rotatable bonds is 2. The maximum atomic E-state index is 10.8. The Morgan fingerprint density at radius 2 is 2.30 bits per heavy atom. The Morgan fingerprint density at radius 1 is 1.60 bits per heavy atom. The molecule has 1 atom stereocenters. The SMILES string of the molecule is CSCC1NC(=O)NC1=O. The molecule has 0 spiro atoms. The molecule has 1 rings (SSSR count). The van der Waals surface area contributed by atoms with Crippen molar-refractivity contribution in [2.24, 2.45) is 0 Å². The second kappa shape index (κ2) is 2.92. The second-order valence-corrected chi connectivity index (χ2v) is 2.88. The zero-order valence-electron chi connectivity index (χ0n) is 5.51. The van der Waals surface area contributed by atoms with Gasteiger partial charge in [-0.25, -0.2) is 4.79 Å². The summed E-state index contributed by atoms with van der Waals surface area (Å²) in [6, 6.07) is -0.716. The van der Waals surface area contributed by atoms with Crippen LogP contribution in [0.25, 0.3) is 0 Å². The standard InChI is InChI=1S/C5H8N2O2S/c1-10-2-3-4(8)7-5(9)6-3/h3H,2H2,1H3,(H2,6,7,8,9). The monoisotopic (exact) mass is 160 g/mol. The van der Waals surface area contributed by atoms with Gasteiger partial charge in [0.2, 0.25) is 0 Å².